The van der Waals surface area contributed by atoms with E-state index in [0.717, 1.165) is 18.4 Å². The van der Waals surface area contributed by atoms with Crippen LogP contribution in [0.4, 0.5) is 0 Å². The Kier molecular flexibility index (Phi) is 4.10. The molecule has 1 aliphatic carbocycles. The van der Waals surface area contributed by atoms with Crippen molar-refractivity contribution in [3.05, 3.63) is 42.0 Å². The molecule has 2 atom stereocenters. The Hall–Kier alpha value is -1.41. The minimum absolute atomic E-state index is 0.0555. The topological polar surface area (TPSA) is 26.3 Å². The van der Waals surface area contributed by atoms with E-state index in [4.69, 9.17) is 4.74 Å². The number of methoxy groups -OCH3 is 1. The summed E-state index contributed by atoms with van der Waals surface area (Å²) < 4.78 is 5.42. The summed E-state index contributed by atoms with van der Waals surface area (Å²) in [6, 6.07) is 10.1. The number of carbonyl (C=O) groups is 1. The van der Waals surface area contributed by atoms with Crippen LogP contribution in [0.25, 0.3) is 6.08 Å². The summed E-state index contributed by atoms with van der Waals surface area (Å²) >= 11 is 0. The average molecular weight is 230 g/mol. The first-order valence-corrected chi connectivity index (χ1v) is 6.10. The molecule has 0 N–H and O–H groups in total. The fourth-order valence-corrected chi connectivity index (χ4v) is 2.34. The fraction of sp³-hybridized carbons (Fsp3) is 0.400. The lowest BCUT2D eigenvalue weighted by Crippen LogP contribution is -2.23. The van der Waals surface area contributed by atoms with Gasteiger partial charge in [-0.2, -0.15) is 0 Å². The van der Waals surface area contributed by atoms with E-state index in [1.54, 1.807) is 7.11 Å². The van der Waals surface area contributed by atoms with Crippen molar-refractivity contribution >= 4 is 11.9 Å². The third-order valence-corrected chi connectivity index (χ3v) is 3.30. The van der Waals surface area contributed by atoms with E-state index in [-0.39, 0.29) is 12.0 Å². The van der Waals surface area contributed by atoms with Crippen molar-refractivity contribution in [2.24, 2.45) is 5.92 Å². The molecular formula is C15H18O2. The van der Waals surface area contributed by atoms with Gasteiger partial charge < -0.3 is 4.74 Å². The average Bonchev–Trinajstić information content (AvgIpc) is 2.78. The SMILES string of the molecule is COC(/C=C/c1ccccc1)C1CCCC1=O. The summed E-state index contributed by atoms with van der Waals surface area (Å²) in [5.41, 5.74) is 1.14. The molecule has 1 aliphatic rings. The van der Waals surface area contributed by atoms with E-state index >= 15 is 0 Å². The third kappa shape index (κ3) is 3.04. The molecule has 0 spiro atoms. The van der Waals surface area contributed by atoms with Crippen LogP contribution in [0.15, 0.2) is 36.4 Å². The van der Waals surface area contributed by atoms with Gasteiger partial charge in [0.1, 0.15) is 5.78 Å². The summed E-state index contributed by atoms with van der Waals surface area (Å²) in [4.78, 5) is 11.7. The molecule has 0 bridgehead atoms. The molecule has 0 aliphatic heterocycles. The Bertz CT molecular complexity index is 395. The lowest BCUT2D eigenvalue weighted by Gasteiger charge is -2.16. The van der Waals surface area contributed by atoms with E-state index in [0.29, 0.717) is 12.2 Å². The Morgan fingerprint density at radius 3 is 2.71 bits per heavy atom. The van der Waals surface area contributed by atoms with Gasteiger partial charge in [-0.1, -0.05) is 42.5 Å². The zero-order valence-corrected chi connectivity index (χ0v) is 10.1. The number of rotatable bonds is 4. The number of hydrogen-bond donors (Lipinski definition) is 0. The predicted octanol–water partition coefficient (Wildman–Crippen LogP) is 3.08. The molecule has 17 heavy (non-hydrogen) atoms. The van der Waals surface area contributed by atoms with Gasteiger partial charge in [0.15, 0.2) is 0 Å². The van der Waals surface area contributed by atoms with Gasteiger partial charge in [0.05, 0.1) is 6.10 Å². The molecule has 90 valence electrons. The lowest BCUT2D eigenvalue weighted by molar-refractivity contribution is -0.123. The standard InChI is InChI=1S/C15H18O2/c1-17-15(13-8-5-9-14(13)16)11-10-12-6-3-2-4-7-12/h2-4,6-7,10-11,13,15H,5,8-9H2,1H3/b11-10+. The van der Waals surface area contributed by atoms with Crippen LogP contribution >= 0.6 is 0 Å². The van der Waals surface area contributed by atoms with Crippen LogP contribution in [-0.4, -0.2) is 19.0 Å². The summed E-state index contributed by atoms with van der Waals surface area (Å²) in [6.07, 6.45) is 6.62. The van der Waals surface area contributed by atoms with Gasteiger partial charge in [-0.25, -0.2) is 0 Å². The van der Waals surface area contributed by atoms with E-state index in [1.165, 1.54) is 0 Å². The Balaban J connectivity index is 2.05. The Labute approximate surface area is 102 Å². The zero-order chi connectivity index (χ0) is 12.1. The highest BCUT2D eigenvalue weighted by molar-refractivity contribution is 5.83. The quantitative estimate of drug-likeness (QED) is 0.794. The molecule has 0 aromatic heterocycles. The monoisotopic (exact) mass is 230 g/mol. The van der Waals surface area contributed by atoms with Gasteiger partial charge >= 0.3 is 0 Å². The maximum absolute atomic E-state index is 11.7. The van der Waals surface area contributed by atoms with Crippen molar-refractivity contribution in [2.45, 2.75) is 25.4 Å². The van der Waals surface area contributed by atoms with Crippen molar-refractivity contribution in [1.29, 1.82) is 0 Å². The predicted molar refractivity (Wildman–Crippen MR) is 68.6 cm³/mol. The normalized spacial score (nSPS) is 22.2. The van der Waals surface area contributed by atoms with Crippen LogP contribution in [0.5, 0.6) is 0 Å². The number of carbonyl (C=O) groups excluding carboxylic acids is 1. The largest absolute Gasteiger partial charge is 0.377 e. The van der Waals surface area contributed by atoms with Crippen molar-refractivity contribution in [3.63, 3.8) is 0 Å². The van der Waals surface area contributed by atoms with Crippen LogP contribution in [-0.2, 0) is 9.53 Å². The fourth-order valence-electron chi connectivity index (χ4n) is 2.34. The first-order chi connectivity index (χ1) is 8.31. The van der Waals surface area contributed by atoms with Crippen molar-refractivity contribution in [2.75, 3.05) is 7.11 Å². The van der Waals surface area contributed by atoms with Crippen molar-refractivity contribution < 1.29 is 9.53 Å². The highest BCUT2D eigenvalue weighted by atomic mass is 16.5. The van der Waals surface area contributed by atoms with Gasteiger partial charge in [-0.3, -0.25) is 4.79 Å². The van der Waals surface area contributed by atoms with E-state index in [9.17, 15) is 4.79 Å². The maximum Gasteiger partial charge on any atom is 0.138 e. The maximum atomic E-state index is 11.7. The van der Waals surface area contributed by atoms with Gasteiger partial charge in [-0.05, 0) is 18.4 Å². The first kappa shape index (κ1) is 12.1. The number of ketones is 1. The molecule has 2 heteroatoms. The number of hydrogen-bond acceptors (Lipinski definition) is 2. The molecule has 0 saturated heterocycles. The number of ether oxygens (including phenoxy) is 1. The van der Waals surface area contributed by atoms with Gasteiger partial charge in [-0.15, -0.1) is 0 Å². The molecule has 0 heterocycles. The summed E-state index contributed by atoms with van der Waals surface area (Å²) in [5, 5.41) is 0. The van der Waals surface area contributed by atoms with Crippen LogP contribution in [0.3, 0.4) is 0 Å². The minimum atomic E-state index is -0.0785. The summed E-state index contributed by atoms with van der Waals surface area (Å²) in [5.74, 6) is 0.398. The molecule has 0 radical (unpaired) electrons. The zero-order valence-electron chi connectivity index (χ0n) is 10.1. The molecule has 2 nitrogen and oxygen atoms in total. The van der Waals surface area contributed by atoms with E-state index in [2.05, 4.69) is 0 Å². The second kappa shape index (κ2) is 5.78. The first-order valence-electron chi connectivity index (χ1n) is 6.10. The van der Waals surface area contributed by atoms with Crippen LogP contribution in [0.1, 0.15) is 24.8 Å². The highest BCUT2D eigenvalue weighted by Crippen LogP contribution is 2.27. The molecule has 1 fully saturated rings. The summed E-state index contributed by atoms with van der Waals surface area (Å²) in [7, 11) is 1.67. The summed E-state index contributed by atoms with van der Waals surface area (Å²) in [6.45, 7) is 0. The van der Waals surface area contributed by atoms with E-state index in [1.807, 2.05) is 42.5 Å². The van der Waals surface area contributed by atoms with Crippen molar-refractivity contribution in [1.82, 2.24) is 0 Å². The van der Waals surface area contributed by atoms with Gasteiger partial charge in [0.25, 0.3) is 0 Å². The molecule has 1 aromatic rings. The smallest absolute Gasteiger partial charge is 0.138 e. The highest BCUT2D eigenvalue weighted by Gasteiger charge is 2.30. The van der Waals surface area contributed by atoms with Gasteiger partial charge in [0.2, 0.25) is 0 Å². The third-order valence-electron chi connectivity index (χ3n) is 3.30. The Morgan fingerprint density at radius 2 is 2.12 bits per heavy atom. The number of Topliss-reactive ketones (excluding diaryl/α,β-unsaturated/α-hetero) is 1. The van der Waals surface area contributed by atoms with Gasteiger partial charge in [0, 0.05) is 19.4 Å². The molecule has 2 rings (SSSR count). The molecular weight excluding hydrogens is 212 g/mol. The second-order valence-electron chi connectivity index (χ2n) is 4.44. The second-order valence-corrected chi connectivity index (χ2v) is 4.44. The molecule has 0 amide bonds. The minimum Gasteiger partial charge on any atom is -0.377 e. The van der Waals surface area contributed by atoms with Crippen molar-refractivity contribution in [3.8, 4) is 0 Å². The van der Waals surface area contributed by atoms with E-state index < -0.39 is 0 Å². The Morgan fingerprint density at radius 1 is 1.35 bits per heavy atom. The lowest BCUT2D eigenvalue weighted by atomic mass is 9.98. The van der Waals surface area contributed by atoms with Crippen LogP contribution in [0.2, 0.25) is 0 Å². The molecule has 1 aromatic carbocycles. The molecule has 1 saturated carbocycles. The van der Waals surface area contributed by atoms with Crippen LogP contribution in [0, 0.1) is 5.92 Å². The molecule has 2 unspecified atom stereocenters. The van der Waals surface area contributed by atoms with Crippen LogP contribution < -0.4 is 0 Å². The number of benzene rings is 1.